The van der Waals surface area contributed by atoms with E-state index in [9.17, 15) is 9.90 Å². The van der Waals surface area contributed by atoms with Crippen molar-refractivity contribution >= 4 is 11.6 Å². The molecular formula is C17H20N4O2. The first kappa shape index (κ1) is 15.4. The highest BCUT2D eigenvalue weighted by Gasteiger charge is 2.36. The van der Waals surface area contributed by atoms with Crippen molar-refractivity contribution in [1.29, 1.82) is 0 Å². The zero-order valence-corrected chi connectivity index (χ0v) is 13.1. The summed E-state index contributed by atoms with van der Waals surface area (Å²) >= 11 is 0. The number of nitrogens with zero attached hydrogens (tertiary/aromatic N) is 3. The number of carbonyl (C=O) groups is 1. The molecule has 23 heavy (non-hydrogen) atoms. The predicted octanol–water partition coefficient (Wildman–Crippen LogP) is 1.49. The number of piperidine rings is 1. The first-order valence-electron chi connectivity index (χ1n) is 7.64. The fourth-order valence-corrected chi connectivity index (χ4v) is 2.80. The summed E-state index contributed by atoms with van der Waals surface area (Å²) in [7, 11) is 0. The van der Waals surface area contributed by atoms with Gasteiger partial charge in [-0.05, 0) is 43.5 Å². The van der Waals surface area contributed by atoms with Crippen LogP contribution in [0.3, 0.4) is 0 Å². The Kier molecular flexibility index (Phi) is 4.00. The van der Waals surface area contributed by atoms with Gasteiger partial charge in [0.05, 0.1) is 5.69 Å². The van der Waals surface area contributed by atoms with Crippen LogP contribution in [0.4, 0.5) is 5.69 Å². The van der Waals surface area contributed by atoms with Gasteiger partial charge in [-0.15, -0.1) is 0 Å². The highest BCUT2D eigenvalue weighted by molar-refractivity contribution is 5.93. The van der Waals surface area contributed by atoms with Crippen molar-refractivity contribution in [2.45, 2.75) is 25.4 Å². The van der Waals surface area contributed by atoms with E-state index < -0.39 is 5.60 Å². The number of rotatable bonds is 2. The molecule has 1 aliphatic rings. The van der Waals surface area contributed by atoms with Crippen LogP contribution in [0, 0.1) is 6.92 Å². The number of pyridine rings is 2. The Balaban J connectivity index is 1.70. The van der Waals surface area contributed by atoms with E-state index in [-0.39, 0.29) is 5.91 Å². The predicted molar refractivity (Wildman–Crippen MR) is 86.7 cm³/mol. The summed E-state index contributed by atoms with van der Waals surface area (Å²) in [5.74, 6) is -0.156. The smallest absolute Gasteiger partial charge is 0.272 e. The van der Waals surface area contributed by atoms with E-state index >= 15 is 0 Å². The lowest BCUT2D eigenvalue weighted by atomic mass is 9.87. The van der Waals surface area contributed by atoms with Gasteiger partial charge in [0.25, 0.3) is 5.91 Å². The minimum absolute atomic E-state index is 0.156. The van der Waals surface area contributed by atoms with Crippen LogP contribution < -0.4 is 5.73 Å². The molecule has 1 saturated heterocycles. The Hall–Kier alpha value is -2.47. The van der Waals surface area contributed by atoms with Gasteiger partial charge in [0.1, 0.15) is 11.3 Å². The molecule has 120 valence electrons. The molecule has 1 amide bonds. The van der Waals surface area contributed by atoms with Crippen LogP contribution in [0.2, 0.25) is 0 Å². The van der Waals surface area contributed by atoms with Crippen LogP contribution in [0.5, 0.6) is 0 Å². The maximum Gasteiger partial charge on any atom is 0.272 e. The molecule has 0 aromatic carbocycles. The number of hydrogen-bond acceptors (Lipinski definition) is 5. The summed E-state index contributed by atoms with van der Waals surface area (Å²) in [5, 5.41) is 10.8. The molecule has 1 aliphatic heterocycles. The molecule has 0 atom stereocenters. The van der Waals surface area contributed by atoms with Crippen molar-refractivity contribution in [2.24, 2.45) is 0 Å². The van der Waals surface area contributed by atoms with Crippen LogP contribution in [-0.2, 0) is 5.60 Å². The highest BCUT2D eigenvalue weighted by atomic mass is 16.3. The molecule has 6 nitrogen and oxygen atoms in total. The van der Waals surface area contributed by atoms with E-state index in [0.29, 0.717) is 43.0 Å². The van der Waals surface area contributed by atoms with Crippen molar-refractivity contribution in [3.05, 3.63) is 53.6 Å². The molecule has 6 heteroatoms. The van der Waals surface area contributed by atoms with Gasteiger partial charge < -0.3 is 15.7 Å². The number of amides is 1. The third-order valence-corrected chi connectivity index (χ3v) is 4.27. The molecule has 2 aromatic rings. The summed E-state index contributed by atoms with van der Waals surface area (Å²) < 4.78 is 0. The molecule has 0 spiro atoms. The highest BCUT2D eigenvalue weighted by Crippen LogP contribution is 2.32. The van der Waals surface area contributed by atoms with E-state index in [1.54, 1.807) is 23.2 Å². The van der Waals surface area contributed by atoms with Gasteiger partial charge in [0.15, 0.2) is 0 Å². The van der Waals surface area contributed by atoms with E-state index in [1.165, 1.54) is 6.20 Å². The van der Waals surface area contributed by atoms with Gasteiger partial charge in [-0.3, -0.25) is 14.8 Å². The second-order valence-electron chi connectivity index (χ2n) is 6.02. The van der Waals surface area contributed by atoms with Crippen molar-refractivity contribution in [1.82, 2.24) is 14.9 Å². The Morgan fingerprint density at radius 3 is 2.61 bits per heavy atom. The van der Waals surface area contributed by atoms with Crippen LogP contribution in [-0.4, -0.2) is 39.0 Å². The second kappa shape index (κ2) is 5.96. The monoisotopic (exact) mass is 312 g/mol. The van der Waals surface area contributed by atoms with E-state index in [2.05, 4.69) is 9.97 Å². The number of nitrogens with two attached hydrogens (primary N) is 1. The number of anilines is 1. The fraction of sp³-hybridized carbons (Fsp3) is 0.353. The summed E-state index contributed by atoms with van der Waals surface area (Å²) in [6, 6.07) is 7.01. The zero-order valence-electron chi connectivity index (χ0n) is 13.1. The number of nitrogen functional groups attached to an aromatic ring is 1. The fourth-order valence-electron chi connectivity index (χ4n) is 2.80. The van der Waals surface area contributed by atoms with Crippen molar-refractivity contribution < 1.29 is 9.90 Å². The topological polar surface area (TPSA) is 92.3 Å². The molecule has 0 radical (unpaired) electrons. The van der Waals surface area contributed by atoms with Crippen LogP contribution in [0.15, 0.2) is 36.7 Å². The van der Waals surface area contributed by atoms with Gasteiger partial charge >= 0.3 is 0 Å². The summed E-state index contributed by atoms with van der Waals surface area (Å²) in [5.41, 5.74) is 7.29. The number of carbonyl (C=O) groups excluding carboxylic acids is 1. The van der Waals surface area contributed by atoms with Gasteiger partial charge in [-0.1, -0.05) is 6.07 Å². The third-order valence-electron chi connectivity index (χ3n) is 4.27. The quantitative estimate of drug-likeness (QED) is 0.876. The Bertz CT molecular complexity index is 707. The van der Waals surface area contributed by atoms with Crippen molar-refractivity contribution in [2.75, 3.05) is 18.8 Å². The molecule has 3 N–H and O–H groups in total. The average molecular weight is 312 g/mol. The third kappa shape index (κ3) is 3.17. The molecule has 3 rings (SSSR count). The number of hydrogen-bond donors (Lipinski definition) is 2. The molecule has 0 aliphatic carbocycles. The van der Waals surface area contributed by atoms with E-state index in [4.69, 9.17) is 5.73 Å². The molecular weight excluding hydrogens is 292 g/mol. The minimum atomic E-state index is -0.979. The number of aromatic nitrogens is 2. The molecule has 2 aromatic heterocycles. The second-order valence-corrected chi connectivity index (χ2v) is 6.02. The first-order chi connectivity index (χ1) is 11.0. The molecule has 3 heterocycles. The number of aryl methyl sites for hydroxylation is 1. The van der Waals surface area contributed by atoms with Gasteiger partial charge in [0, 0.05) is 31.2 Å². The molecule has 0 unspecified atom stereocenters. The minimum Gasteiger partial charge on any atom is -0.399 e. The maximum atomic E-state index is 12.5. The van der Waals surface area contributed by atoms with E-state index in [1.807, 2.05) is 19.1 Å². The standard InChI is InChI=1S/C17H20N4O2/c1-12-2-3-15(20-11-12)17(23)5-8-21(9-6-17)16(22)14-10-13(18)4-7-19-14/h2-4,7,10-11,23H,5-6,8-9H2,1H3,(H2,18,19). The normalized spacial score (nSPS) is 17.0. The number of likely N-dealkylation sites (tertiary alicyclic amines) is 1. The Morgan fingerprint density at radius 2 is 2.00 bits per heavy atom. The summed E-state index contributed by atoms with van der Waals surface area (Å²) in [4.78, 5) is 22.6. The van der Waals surface area contributed by atoms with Gasteiger partial charge in [-0.2, -0.15) is 0 Å². The summed E-state index contributed by atoms with van der Waals surface area (Å²) in [6.45, 7) is 2.88. The van der Waals surface area contributed by atoms with Crippen LogP contribution in [0.1, 0.15) is 34.6 Å². The van der Waals surface area contributed by atoms with Crippen LogP contribution in [0.25, 0.3) is 0 Å². The lowest BCUT2D eigenvalue weighted by Crippen LogP contribution is -2.45. The molecule has 0 bridgehead atoms. The number of aliphatic hydroxyl groups is 1. The van der Waals surface area contributed by atoms with Crippen LogP contribution >= 0.6 is 0 Å². The lowest BCUT2D eigenvalue weighted by molar-refractivity contribution is -0.0245. The van der Waals surface area contributed by atoms with Crippen molar-refractivity contribution in [3.8, 4) is 0 Å². The maximum absolute atomic E-state index is 12.5. The Labute approximate surface area is 135 Å². The first-order valence-corrected chi connectivity index (χ1v) is 7.64. The average Bonchev–Trinajstić information content (AvgIpc) is 2.55. The zero-order chi connectivity index (χ0) is 16.4. The SMILES string of the molecule is Cc1ccc(C2(O)CCN(C(=O)c3cc(N)ccn3)CC2)nc1. The lowest BCUT2D eigenvalue weighted by Gasteiger charge is -2.37. The van der Waals surface area contributed by atoms with Crippen molar-refractivity contribution in [3.63, 3.8) is 0 Å². The summed E-state index contributed by atoms with van der Waals surface area (Å²) in [6.07, 6.45) is 4.19. The Morgan fingerprint density at radius 1 is 1.26 bits per heavy atom. The largest absolute Gasteiger partial charge is 0.399 e. The van der Waals surface area contributed by atoms with E-state index in [0.717, 1.165) is 5.56 Å². The molecule has 1 fully saturated rings. The molecule has 0 saturated carbocycles. The van der Waals surface area contributed by atoms with Gasteiger partial charge in [-0.25, -0.2) is 0 Å². The van der Waals surface area contributed by atoms with Gasteiger partial charge in [0.2, 0.25) is 0 Å².